The first kappa shape index (κ1) is 17.3. The minimum absolute atomic E-state index is 0.00512. The van der Waals surface area contributed by atoms with Gasteiger partial charge >= 0.3 is 12.1 Å². The SMILES string of the molecule is CN(C(=O)O)c1cc([C@@H]2CC[C@@H]3CN2C(=O)N3OCc2ccccc2)no1. The highest BCUT2D eigenvalue weighted by Crippen LogP contribution is 2.39. The van der Waals surface area contributed by atoms with Gasteiger partial charge in [-0.2, -0.15) is 5.06 Å². The molecule has 9 nitrogen and oxygen atoms in total. The number of fused-ring (bicyclic) bond motifs is 2. The van der Waals surface area contributed by atoms with Crippen molar-refractivity contribution >= 4 is 18.0 Å². The predicted octanol–water partition coefficient (Wildman–Crippen LogP) is 2.86. The molecule has 27 heavy (non-hydrogen) atoms. The Hall–Kier alpha value is -3.07. The first-order valence-electron chi connectivity index (χ1n) is 8.74. The molecule has 142 valence electrons. The molecule has 2 bridgehead atoms. The van der Waals surface area contributed by atoms with Crippen LogP contribution in [0, 0.1) is 0 Å². The number of nitrogens with zero attached hydrogens (tertiary/aromatic N) is 4. The van der Waals surface area contributed by atoms with Crippen molar-refractivity contribution in [1.29, 1.82) is 0 Å². The molecule has 3 amide bonds. The van der Waals surface area contributed by atoms with E-state index in [1.165, 1.54) is 12.1 Å². The average molecular weight is 372 g/mol. The maximum Gasteiger partial charge on any atom is 0.413 e. The number of hydroxylamine groups is 2. The molecule has 2 aliphatic rings. The van der Waals surface area contributed by atoms with Gasteiger partial charge in [-0.15, -0.1) is 0 Å². The Bertz CT molecular complexity index is 839. The van der Waals surface area contributed by atoms with Gasteiger partial charge in [0.15, 0.2) is 0 Å². The lowest BCUT2D eigenvalue weighted by molar-refractivity contribution is -0.140. The van der Waals surface area contributed by atoms with Crippen molar-refractivity contribution in [3.05, 3.63) is 47.7 Å². The Kier molecular flexibility index (Phi) is 4.44. The molecule has 2 atom stereocenters. The number of urea groups is 1. The molecule has 4 rings (SSSR count). The number of carbonyl (C=O) groups excluding carboxylic acids is 1. The number of hydrogen-bond acceptors (Lipinski definition) is 5. The second-order valence-corrected chi connectivity index (χ2v) is 6.70. The second kappa shape index (κ2) is 6.92. The summed E-state index contributed by atoms with van der Waals surface area (Å²) in [6, 6.07) is 10.8. The standard InChI is InChI=1S/C18H20N4O5/c1-20(18(24)25)16-9-14(19-27-16)15-8-7-13-10-21(15)17(23)22(13)26-11-12-5-3-2-4-6-12/h2-6,9,13,15H,7-8,10-11H2,1H3,(H,24,25)/t13-,15+/m1/s1. The van der Waals surface area contributed by atoms with Crippen LogP contribution in [0.2, 0.25) is 0 Å². The fourth-order valence-electron chi connectivity index (χ4n) is 3.51. The highest BCUT2D eigenvalue weighted by Gasteiger charge is 2.47. The van der Waals surface area contributed by atoms with Crippen molar-refractivity contribution in [2.24, 2.45) is 0 Å². The lowest BCUT2D eigenvalue weighted by Gasteiger charge is -2.28. The minimum Gasteiger partial charge on any atom is -0.465 e. The normalized spacial score (nSPS) is 21.6. The topological polar surface area (TPSA) is 99.4 Å². The van der Waals surface area contributed by atoms with E-state index in [0.717, 1.165) is 16.9 Å². The van der Waals surface area contributed by atoms with E-state index in [0.29, 0.717) is 25.3 Å². The number of amides is 3. The van der Waals surface area contributed by atoms with Gasteiger partial charge in [0, 0.05) is 19.7 Å². The zero-order valence-electron chi connectivity index (χ0n) is 14.8. The molecule has 0 saturated carbocycles. The number of carbonyl (C=O) groups is 2. The molecule has 2 aromatic rings. The average Bonchev–Trinajstić information content (AvgIpc) is 3.25. The van der Waals surface area contributed by atoms with Crippen molar-refractivity contribution in [3.63, 3.8) is 0 Å². The highest BCUT2D eigenvalue weighted by molar-refractivity contribution is 5.83. The first-order chi connectivity index (χ1) is 13.0. The van der Waals surface area contributed by atoms with Crippen LogP contribution in [-0.4, -0.2) is 52.0 Å². The fourth-order valence-corrected chi connectivity index (χ4v) is 3.51. The predicted molar refractivity (Wildman–Crippen MR) is 93.9 cm³/mol. The Balaban J connectivity index is 1.45. The number of carboxylic acid groups (broad SMARTS) is 1. The molecule has 0 spiro atoms. The highest BCUT2D eigenvalue weighted by atomic mass is 16.7. The van der Waals surface area contributed by atoms with Gasteiger partial charge in [-0.3, -0.25) is 4.84 Å². The quantitative estimate of drug-likeness (QED) is 0.866. The van der Waals surface area contributed by atoms with Crippen LogP contribution in [0.15, 0.2) is 40.9 Å². The van der Waals surface area contributed by atoms with E-state index in [9.17, 15) is 9.59 Å². The van der Waals surface area contributed by atoms with Crippen LogP contribution in [-0.2, 0) is 11.4 Å². The summed E-state index contributed by atoms with van der Waals surface area (Å²) in [6.45, 7) is 0.883. The van der Waals surface area contributed by atoms with Crippen LogP contribution in [0.3, 0.4) is 0 Å². The summed E-state index contributed by atoms with van der Waals surface area (Å²) in [5.41, 5.74) is 1.55. The third-order valence-electron chi connectivity index (χ3n) is 5.01. The van der Waals surface area contributed by atoms with Gasteiger partial charge in [0.1, 0.15) is 12.3 Å². The number of anilines is 1. The van der Waals surface area contributed by atoms with E-state index in [2.05, 4.69) is 5.16 Å². The summed E-state index contributed by atoms with van der Waals surface area (Å²) in [5, 5.41) is 14.5. The second-order valence-electron chi connectivity index (χ2n) is 6.70. The number of benzene rings is 1. The molecule has 1 N–H and O–H groups in total. The summed E-state index contributed by atoms with van der Waals surface area (Å²) in [4.78, 5) is 32.3. The van der Waals surface area contributed by atoms with E-state index in [1.807, 2.05) is 30.3 Å². The van der Waals surface area contributed by atoms with Crippen LogP contribution in [0.1, 0.15) is 30.1 Å². The van der Waals surface area contributed by atoms with Gasteiger partial charge in [0.2, 0.25) is 5.88 Å². The van der Waals surface area contributed by atoms with Gasteiger partial charge in [0.25, 0.3) is 0 Å². The smallest absolute Gasteiger partial charge is 0.413 e. The van der Waals surface area contributed by atoms with Crippen LogP contribution in [0.5, 0.6) is 0 Å². The summed E-state index contributed by atoms with van der Waals surface area (Å²) in [5.74, 6) is 0.128. The lowest BCUT2D eigenvalue weighted by Crippen LogP contribution is -2.34. The van der Waals surface area contributed by atoms with Gasteiger partial charge in [-0.25, -0.2) is 14.5 Å². The van der Waals surface area contributed by atoms with E-state index < -0.39 is 6.09 Å². The molecule has 9 heteroatoms. The van der Waals surface area contributed by atoms with Gasteiger partial charge in [0.05, 0.1) is 12.1 Å². The largest absolute Gasteiger partial charge is 0.465 e. The van der Waals surface area contributed by atoms with Gasteiger partial charge in [-0.1, -0.05) is 35.5 Å². The Labute approximate surface area is 155 Å². The molecule has 2 saturated heterocycles. The molecule has 3 heterocycles. The summed E-state index contributed by atoms with van der Waals surface area (Å²) in [6.07, 6.45) is 0.349. The number of rotatable bonds is 5. The summed E-state index contributed by atoms with van der Waals surface area (Å²) < 4.78 is 5.13. The molecule has 2 fully saturated rings. The van der Waals surface area contributed by atoms with Crippen LogP contribution in [0.25, 0.3) is 0 Å². The van der Waals surface area contributed by atoms with Crippen molar-refractivity contribution < 1.29 is 24.1 Å². The molecule has 0 aliphatic carbocycles. The molecule has 1 aromatic carbocycles. The fraction of sp³-hybridized carbons (Fsp3) is 0.389. The van der Waals surface area contributed by atoms with E-state index in [1.54, 1.807) is 11.0 Å². The number of piperidine rings is 1. The van der Waals surface area contributed by atoms with Crippen molar-refractivity contribution in [2.75, 3.05) is 18.5 Å². The minimum atomic E-state index is -1.14. The monoisotopic (exact) mass is 372 g/mol. The third kappa shape index (κ3) is 3.21. The Morgan fingerprint density at radius 1 is 1.37 bits per heavy atom. The molecular formula is C18H20N4O5. The Morgan fingerprint density at radius 2 is 2.15 bits per heavy atom. The van der Waals surface area contributed by atoms with Gasteiger partial charge < -0.3 is 14.5 Å². The number of hydrogen-bond donors (Lipinski definition) is 1. The van der Waals surface area contributed by atoms with E-state index in [-0.39, 0.29) is 24.0 Å². The third-order valence-corrected chi connectivity index (χ3v) is 5.01. The van der Waals surface area contributed by atoms with Gasteiger partial charge in [-0.05, 0) is 18.4 Å². The maximum atomic E-state index is 12.8. The number of aromatic nitrogens is 1. The zero-order chi connectivity index (χ0) is 19.0. The summed E-state index contributed by atoms with van der Waals surface area (Å²) >= 11 is 0. The van der Waals surface area contributed by atoms with E-state index >= 15 is 0 Å². The molecular weight excluding hydrogens is 352 g/mol. The van der Waals surface area contributed by atoms with Crippen LogP contribution < -0.4 is 4.90 Å². The maximum absolute atomic E-state index is 12.8. The van der Waals surface area contributed by atoms with E-state index in [4.69, 9.17) is 14.5 Å². The van der Waals surface area contributed by atoms with Crippen molar-refractivity contribution in [3.8, 4) is 0 Å². The van der Waals surface area contributed by atoms with Crippen LogP contribution >= 0.6 is 0 Å². The summed E-state index contributed by atoms with van der Waals surface area (Å²) in [7, 11) is 1.38. The first-order valence-corrected chi connectivity index (χ1v) is 8.74. The molecule has 0 unspecified atom stereocenters. The molecule has 0 radical (unpaired) electrons. The van der Waals surface area contributed by atoms with Crippen molar-refractivity contribution in [1.82, 2.24) is 15.1 Å². The Morgan fingerprint density at radius 3 is 2.89 bits per heavy atom. The molecule has 2 aliphatic heterocycles. The lowest BCUT2D eigenvalue weighted by atomic mass is 9.98. The zero-order valence-corrected chi connectivity index (χ0v) is 14.8. The molecule has 1 aromatic heterocycles. The van der Waals surface area contributed by atoms with Crippen LogP contribution in [0.4, 0.5) is 15.5 Å². The van der Waals surface area contributed by atoms with Crippen molar-refractivity contribution in [2.45, 2.75) is 31.5 Å².